The molecule has 0 aliphatic carbocycles. The minimum Gasteiger partial charge on any atom is -0.324 e. The van der Waals surface area contributed by atoms with E-state index in [1.807, 2.05) is 0 Å². The number of aromatic nitrogens is 8. The van der Waals surface area contributed by atoms with Gasteiger partial charge in [-0.2, -0.15) is 0 Å². The first-order valence-electron chi connectivity index (χ1n) is 36.8. The van der Waals surface area contributed by atoms with Gasteiger partial charge in [-0.25, -0.2) is 29.9 Å². The van der Waals surface area contributed by atoms with Crippen molar-refractivity contribution < 1.29 is 0 Å². The number of hydrogen-bond donors (Lipinski definition) is 2. The van der Waals surface area contributed by atoms with E-state index in [0.717, 1.165) is 156 Å². The smallest absolute Gasteiger partial charge is 0.165 e. The average molecular weight is 1190 g/mol. The normalized spacial score (nSPS) is 12.1. The van der Waals surface area contributed by atoms with Crippen LogP contribution in [-0.4, -0.2) is 39.9 Å². The topological polar surface area (TPSA) is 109 Å². The van der Waals surface area contributed by atoms with Crippen LogP contribution in [0.1, 0.15) is 305 Å². The lowest BCUT2D eigenvalue weighted by atomic mass is 9.92. The number of hydrogen-bond acceptors (Lipinski definition) is 6. The van der Waals surface area contributed by atoms with Gasteiger partial charge in [-0.15, -0.1) is 0 Å². The monoisotopic (exact) mass is 1190 g/mol. The molecule has 8 heteroatoms. The third-order valence-corrected chi connectivity index (χ3v) is 19.3. The second-order valence-corrected chi connectivity index (χ2v) is 26.8. The van der Waals surface area contributed by atoms with Crippen molar-refractivity contribution in [1.29, 1.82) is 0 Å². The molecule has 88 heavy (non-hydrogen) atoms. The summed E-state index contributed by atoms with van der Waals surface area (Å²) in [5.41, 5.74) is 18.9. The number of fused-ring (bicyclic) bond motifs is 20. The summed E-state index contributed by atoms with van der Waals surface area (Å²) in [5, 5.41) is 4.63. The van der Waals surface area contributed by atoms with E-state index in [-0.39, 0.29) is 0 Å². The van der Waals surface area contributed by atoms with E-state index in [1.165, 1.54) is 235 Å². The van der Waals surface area contributed by atoms with E-state index in [0.29, 0.717) is 0 Å². The van der Waals surface area contributed by atoms with E-state index in [4.69, 9.17) is 29.9 Å². The summed E-state index contributed by atoms with van der Waals surface area (Å²) in [6.45, 7) is 18.5. The fraction of sp³-hybridized carbons (Fsp3) is 0.600. The Labute approximate surface area is 532 Å². The molecule has 8 bridgehead atoms. The van der Waals surface area contributed by atoms with Gasteiger partial charge in [-0.1, -0.05) is 234 Å². The van der Waals surface area contributed by atoms with Gasteiger partial charge in [-0.3, -0.25) is 0 Å². The third kappa shape index (κ3) is 17.4. The Bertz CT molecular complexity index is 3270. The zero-order chi connectivity index (χ0) is 61.5. The van der Waals surface area contributed by atoms with Crippen LogP contribution in [0.25, 0.3) is 89.7 Å². The summed E-state index contributed by atoms with van der Waals surface area (Å²) in [6, 6.07) is 19.9. The molecule has 0 spiro atoms. The van der Waals surface area contributed by atoms with E-state index < -0.39 is 0 Å². The zero-order valence-corrected chi connectivity index (χ0v) is 56.6. The lowest BCUT2D eigenvalue weighted by Gasteiger charge is -2.12. The molecule has 2 aliphatic rings. The van der Waals surface area contributed by atoms with Gasteiger partial charge in [0.05, 0.1) is 0 Å². The predicted molar refractivity (Wildman–Crippen MR) is 379 cm³/mol. The molecule has 4 aromatic carbocycles. The van der Waals surface area contributed by atoms with E-state index in [1.54, 1.807) is 0 Å². The molecule has 8 nitrogen and oxygen atoms in total. The summed E-state index contributed by atoms with van der Waals surface area (Å²) in [6.07, 6.45) is 46.9. The highest BCUT2D eigenvalue weighted by atomic mass is 15.1. The van der Waals surface area contributed by atoms with E-state index >= 15 is 0 Å². The second-order valence-electron chi connectivity index (χ2n) is 26.8. The Morgan fingerprint density at radius 3 is 0.807 bits per heavy atom. The van der Waals surface area contributed by atoms with Crippen LogP contribution < -0.4 is 0 Å². The molecule has 5 heterocycles. The van der Waals surface area contributed by atoms with Gasteiger partial charge in [0, 0.05) is 43.8 Å². The Morgan fingerprint density at radius 1 is 0.239 bits per heavy atom. The van der Waals surface area contributed by atoms with Crippen LogP contribution >= 0.6 is 0 Å². The van der Waals surface area contributed by atoms with Gasteiger partial charge < -0.3 is 9.97 Å². The summed E-state index contributed by atoms with van der Waals surface area (Å²) < 4.78 is 0. The van der Waals surface area contributed by atoms with Gasteiger partial charge in [0.2, 0.25) is 0 Å². The molecule has 0 saturated heterocycles. The van der Waals surface area contributed by atoms with Gasteiger partial charge >= 0.3 is 0 Å². The first-order chi connectivity index (χ1) is 43.3. The number of rotatable bonds is 40. The molecule has 9 rings (SSSR count). The Morgan fingerprint density at radius 2 is 0.500 bits per heavy atom. The van der Waals surface area contributed by atoms with Crippen LogP contribution in [0.5, 0.6) is 0 Å². The summed E-state index contributed by atoms with van der Waals surface area (Å²) in [7, 11) is 0. The number of unbranched alkanes of at least 4 members (excludes halogenated alkanes) is 24. The van der Waals surface area contributed by atoms with Crippen molar-refractivity contribution in [3.8, 4) is 45.6 Å². The molecule has 2 N–H and O–H groups in total. The molecular weight excluding hydrogens is 1070 g/mol. The molecular formula is C80H114N8. The van der Waals surface area contributed by atoms with E-state index in [9.17, 15) is 0 Å². The number of aromatic amines is 2. The minimum absolute atomic E-state index is 0.746. The maximum Gasteiger partial charge on any atom is 0.165 e. The Balaban J connectivity index is 1.43. The van der Waals surface area contributed by atoms with Crippen molar-refractivity contribution in [2.45, 2.75) is 312 Å². The van der Waals surface area contributed by atoms with Crippen LogP contribution in [-0.2, 0) is 51.4 Å². The van der Waals surface area contributed by atoms with Gasteiger partial charge in [0.25, 0.3) is 0 Å². The van der Waals surface area contributed by atoms with Crippen molar-refractivity contribution in [3.05, 3.63) is 93.0 Å². The number of nitrogens with zero attached hydrogens (tertiary/aromatic N) is 6. The van der Waals surface area contributed by atoms with Crippen molar-refractivity contribution in [1.82, 2.24) is 39.9 Å². The van der Waals surface area contributed by atoms with Crippen molar-refractivity contribution >= 4 is 44.1 Å². The Kier molecular flexibility index (Phi) is 26.5. The highest BCUT2D eigenvalue weighted by Crippen LogP contribution is 2.43. The fourth-order valence-electron chi connectivity index (χ4n) is 14.3. The number of aryl methyl sites for hydroxylation is 8. The van der Waals surface area contributed by atoms with Gasteiger partial charge in [0.15, 0.2) is 23.3 Å². The molecule has 3 aromatic heterocycles. The van der Waals surface area contributed by atoms with Crippen LogP contribution in [0.4, 0.5) is 0 Å². The number of benzene rings is 4. The van der Waals surface area contributed by atoms with E-state index in [2.05, 4.69) is 114 Å². The Hall–Kier alpha value is -5.76. The number of nitrogens with one attached hydrogen (secondary N) is 2. The quantitative estimate of drug-likeness (QED) is 0.0370. The van der Waals surface area contributed by atoms with Crippen molar-refractivity contribution in [2.24, 2.45) is 0 Å². The molecule has 0 amide bonds. The molecule has 0 fully saturated rings. The van der Waals surface area contributed by atoms with Crippen LogP contribution in [0.15, 0.2) is 48.5 Å². The van der Waals surface area contributed by atoms with Gasteiger partial charge in [-0.05, 0) is 172 Å². The van der Waals surface area contributed by atoms with Crippen LogP contribution in [0.2, 0.25) is 0 Å². The van der Waals surface area contributed by atoms with Crippen molar-refractivity contribution in [2.75, 3.05) is 0 Å². The molecule has 0 radical (unpaired) electrons. The van der Waals surface area contributed by atoms with Crippen molar-refractivity contribution in [3.63, 3.8) is 0 Å². The first kappa shape index (κ1) is 66.7. The number of H-pyrrole nitrogens is 2. The standard InChI is InChI=1S/C80H114N8/c1-9-17-25-33-41-57-49-61(45-37-29-21-13-5)69-65(53-57)73-81-77(69)86-74-67-55-59(43-35-27-19-11-3)51-63(47-39-31-23-15-7)71(67)79(83-74)88-76-68-56-60(44-36-28-20-12-4)52-64(48-40-32-24-16-8)72(68)80(84-76)87-75-66-54-58(42-34-26-18-10-2)50-62(46-38-30-22-14-6)70(66)78(82-75)85-73/h49-56H,9-48H2,1-8H3,(H2,81,82,83,84,85,86,87,88). The highest BCUT2D eigenvalue weighted by Gasteiger charge is 2.28. The van der Waals surface area contributed by atoms with Crippen LogP contribution in [0, 0.1) is 0 Å². The molecule has 0 unspecified atom stereocenters. The molecule has 2 aliphatic heterocycles. The van der Waals surface area contributed by atoms with Crippen LogP contribution in [0.3, 0.4) is 0 Å². The SMILES string of the molecule is CCCCCCc1cc(CCCCCC)c2c(c1)-c1nc-2nc2[nH]c(nc3nc(nc4[nH]c(n1)c1c(CCCCCC)cc(CCCCCC)cc41)-c1c(CCCCCC)cc(CCCCCC)cc1-3)c1c(CCCCCC)cc(CCCCCC)cc21. The lowest BCUT2D eigenvalue weighted by Crippen LogP contribution is -1.97. The summed E-state index contributed by atoms with van der Waals surface area (Å²) in [4.78, 5) is 43.1. The fourth-order valence-corrected chi connectivity index (χ4v) is 14.3. The molecule has 7 aromatic rings. The second kappa shape index (κ2) is 35.0. The maximum atomic E-state index is 5.89. The molecule has 0 atom stereocenters. The minimum atomic E-state index is 0.746. The summed E-state index contributed by atoms with van der Waals surface area (Å²) >= 11 is 0. The third-order valence-electron chi connectivity index (χ3n) is 19.3. The van der Waals surface area contributed by atoms with Gasteiger partial charge in [0.1, 0.15) is 22.6 Å². The lowest BCUT2D eigenvalue weighted by molar-refractivity contribution is 0.661. The largest absolute Gasteiger partial charge is 0.324 e. The first-order valence-corrected chi connectivity index (χ1v) is 36.8. The highest BCUT2D eigenvalue weighted by molar-refractivity contribution is 6.09. The maximum absolute atomic E-state index is 5.89. The molecule has 474 valence electrons. The summed E-state index contributed by atoms with van der Waals surface area (Å²) in [5.74, 6) is 3.00. The molecule has 0 saturated carbocycles. The zero-order valence-electron chi connectivity index (χ0n) is 56.6. The predicted octanol–water partition coefficient (Wildman–Crippen LogP) is 23.9. The average Bonchev–Trinajstić information content (AvgIpc) is 1.80.